The third-order valence-corrected chi connectivity index (χ3v) is 5.99. The number of nitrogens with zero attached hydrogens (tertiary/aromatic N) is 5. The van der Waals surface area contributed by atoms with Gasteiger partial charge in [-0.05, 0) is 36.8 Å². The first-order chi connectivity index (χ1) is 16.6. The van der Waals surface area contributed by atoms with Crippen LogP contribution in [0, 0.1) is 11.3 Å². The molecule has 0 bridgehead atoms. The number of hydrogen-bond donors (Lipinski definition) is 1. The molecule has 3 aromatic rings. The van der Waals surface area contributed by atoms with Gasteiger partial charge in [0.25, 0.3) is 5.89 Å². The molecule has 2 amide bonds. The van der Waals surface area contributed by atoms with E-state index >= 15 is 0 Å². The smallest absolute Gasteiger partial charge is 0.266 e. The lowest BCUT2D eigenvalue weighted by molar-refractivity contribution is -0.118. The zero-order chi connectivity index (χ0) is 23.5. The third-order valence-electron chi connectivity index (χ3n) is 5.99. The van der Waals surface area contributed by atoms with Crippen LogP contribution in [-0.2, 0) is 9.59 Å². The zero-order valence-electron chi connectivity index (χ0n) is 18.6. The van der Waals surface area contributed by atoms with Crippen molar-refractivity contribution in [2.24, 2.45) is 0 Å². The van der Waals surface area contributed by atoms with Gasteiger partial charge in [-0.2, -0.15) is 10.2 Å². The van der Waals surface area contributed by atoms with Gasteiger partial charge in [0.05, 0.1) is 12.8 Å². The standard InChI is InChI=1S/C24H24N6O4/c25-15-19-24(34-23(27-19)20-6-3-13-33-20)29-11-9-28(10-12-29)16-21(31)26-17-4-1-5-18(14-17)30-8-2-7-22(30)32/h1,3-6,13-14H,2,7-12,16H2,(H,26,31). The lowest BCUT2D eigenvalue weighted by Crippen LogP contribution is -2.48. The van der Waals surface area contributed by atoms with Gasteiger partial charge < -0.3 is 24.0 Å². The van der Waals surface area contributed by atoms with Crippen molar-refractivity contribution in [3.8, 4) is 17.7 Å². The highest BCUT2D eigenvalue weighted by Crippen LogP contribution is 2.29. The summed E-state index contributed by atoms with van der Waals surface area (Å²) in [5.41, 5.74) is 1.70. The Labute approximate surface area is 196 Å². The molecule has 0 saturated carbocycles. The second-order valence-corrected chi connectivity index (χ2v) is 8.27. The van der Waals surface area contributed by atoms with Crippen molar-refractivity contribution < 1.29 is 18.4 Å². The van der Waals surface area contributed by atoms with E-state index < -0.39 is 0 Å². The van der Waals surface area contributed by atoms with Gasteiger partial charge in [0, 0.05) is 50.5 Å². The molecule has 1 aromatic carbocycles. The van der Waals surface area contributed by atoms with Gasteiger partial charge in [0.15, 0.2) is 5.76 Å². The van der Waals surface area contributed by atoms with E-state index in [9.17, 15) is 14.9 Å². The van der Waals surface area contributed by atoms with Crippen LogP contribution in [0.15, 0.2) is 51.5 Å². The second kappa shape index (κ2) is 9.41. The lowest BCUT2D eigenvalue weighted by Gasteiger charge is -2.34. The van der Waals surface area contributed by atoms with E-state index in [1.807, 2.05) is 29.2 Å². The van der Waals surface area contributed by atoms with Crippen molar-refractivity contribution in [1.29, 1.82) is 5.26 Å². The monoisotopic (exact) mass is 460 g/mol. The van der Waals surface area contributed by atoms with Crippen LogP contribution in [0.2, 0.25) is 0 Å². The second-order valence-electron chi connectivity index (χ2n) is 8.27. The number of amides is 2. The summed E-state index contributed by atoms with van der Waals surface area (Å²) in [4.78, 5) is 34.6. The Kier molecular flexibility index (Phi) is 6.01. The fourth-order valence-electron chi connectivity index (χ4n) is 4.29. The number of aromatic nitrogens is 1. The largest absolute Gasteiger partial charge is 0.459 e. The van der Waals surface area contributed by atoms with Crippen molar-refractivity contribution in [1.82, 2.24) is 9.88 Å². The average molecular weight is 460 g/mol. The lowest BCUT2D eigenvalue weighted by atomic mass is 10.2. The van der Waals surface area contributed by atoms with Gasteiger partial charge in [0.2, 0.25) is 23.4 Å². The van der Waals surface area contributed by atoms with E-state index in [-0.39, 0.29) is 29.9 Å². The molecule has 2 aromatic heterocycles. The van der Waals surface area contributed by atoms with Gasteiger partial charge in [-0.3, -0.25) is 14.5 Å². The Balaban J connectivity index is 1.16. The number of anilines is 3. The summed E-state index contributed by atoms with van der Waals surface area (Å²) in [5.74, 6) is 1.17. The predicted molar refractivity (Wildman–Crippen MR) is 124 cm³/mol. The summed E-state index contributed by atoms with van der Waals surface area (Å²) in [6.45, 7) is 3.43. The number of oxazole rings is 1. The summed E-state index contributed by atoms with van der Waals surface area (Å²) in [7, 11) is 0. The number of carbonyl (C=O) groups excluding carboxylic acids is 2. The number of piperazine rings is 1. The zero-order valence-corrected chi connectivity index (χ0v) is 18.6. The first kappa shape index (κ1) is 21.7. The van der Waals surface area contributed by atoms with E-state index in [4.69, 9.17) is 8.83 Å². The highest BCUT2D eigenvalue weighted by Gasteiger charge is 2.26. The molecule has 10 nitrogen and oxygen atoms in total. The summed E-state index contributed by atoms with van der Waals surface area (Å²) < 4.78 is 11.1. The fourth-order valence-corrected chi connectivity index (χ4v) is 4.29. The van der Waals surface area contributed by atoms with Crippen molar-refractivity contribution in [2.75, 3.05) is 54.4 Å². The van der Waals surface area contributed by atoms with E-state index in [0.717, 1.165) is 12.1 Å². The van der Waals surface area contributed by atoms with E-state index in [1.54, 1.807) is 17.0 Å². The molecule has 0 unspecified atom stereocenters. The molecule has 34 heavy (non-hydrogen) atoms. The topological polar surface area (TPSA) is 119 Å². The van der Waals surface area contributed by atoms with Crippen LogP contribution in [0.4, 0.5) is 17.3 Å². The predicted octanol–water partition coefficient (Wildman–Crippen LogP) is 2.69. The molecule has 0 aliphatic carbocycles. The molecule has 174 valence electrons. The summed E-state index contributed by atoms with van der Waals surface area (Å²) in [5, 5.41) is 12.4. The molecule has 4 heterocycles. The molecule has 2 fully saturated rings. The van der Waals surface area contributed by atoms with Crippen LogP contribution in [0.5, 0.6) is 0 Å². The van der Waals surface area contributed by atoms with Gasteiger partial charge in [-0.15, -0.1) is 0 Å². The number of hydrogen-bond acceptors (Lipinski definition) is 8. The number of rotatable bonds is 6. The van der Waals surface area contributed by atoms with Gasteiger partial charge in [0.1, 0.15) is 6.07 Å². The maximum absolute atomic E-state index is 12.6. The fraction of sp³-hybridized carbons (Fsp3) is 0.333. The maximum Gasteiger partial charge on any atom is 0.266 e. The Bertz CT molecular complexity index is 1220. The van der Waals surface area contributed by atoms with Crippen LogP contribution in [0.25, 0.3) is 11.7 Å². The quantitative estimate of drug-likeness (QED) is 0.596. The maximum atomic E-state index is 12.6. The molecule has 0 spiro atoms. The van der Waals surface area contributed by atoms with Crippen LogP contribution in [-0.4, -0.2) is 61.0 Å². The Morgan fingerprint density at radius 1 is 1.15 bits per heavy atom. The molecule has 1 N–H and O–H groups in total. The third kappa shape index (κ3) is 4.51. The first-order valence-electron chi connectivity index (χ1n) is 11.2. The number of nitriles is 1. The molecule has 2 aliphatic rings. The number of benzene rings is 1. The minimum atomic E-state index is -0.115. The van der Waals surface area contributed by atoms with Crippen molar-refractivity contribution in [2.45, 2.75) is 12.8 Å². The van der Waals surface area contributed by atoms with Crippen LogP contribution in [0.3, 0.4) is 0 Å². The SMILES string of the molecule is N#Cc1nc(-c2ccco2)oc1N1CCN(CC(=O)Nc2cccc(N3CCCC3=O)c2)CC1. The Hall–Kier alpha value is -4.10. The molecule has 2 aliphatic heterocycles. The van der Waals surface area contributed by atoms with E-state index in [1.165, 1.54) is 6.26 Å². The molecule has 0 atom stereocenters. The minimum absolute atomic E-state index is 0.115. The molecule has 5 rings (SSSR count). The number of carbonyl (C=O) groups is 2. The molecule has 0 radical (unpaired) electrons. The molecule has 2 saturated heterocycles. The van der Waals surface area contributed by atoms with Crippen LogP contribution in [0.1, 0.15) is 18.5 Å². The summed E-state index contributed by atoms with van der Waals surface area (Å²) in [6.07, 6.45) is 2.95. The highest BCUT2D eigenvalue weighted by atomic mass is 16.4. The summed E-state index contributed by atoms with van der Waals surface area (Å²) >= 11 is 0. The Morgan fingerprint density at radius 2 is 2.00 bits per heavy atom. The molecular weight excluding hydrogens is 436 g/mol. The average Bonchev–Trinajstić information content (AvgIpc) is 3.60. The number of nitrogens with one attached hydrogen (secondary N) is 1. The molecule has 10 heteroatoms. The number of furan rings is 1. The highest BCUT2D eigenvalue weighted by molar-refractivity contribution is 5.97. The summed E-state index contributed by atoms with van der Waals surface area (Å²) in [6, 6.07) is 12.9. The van der Waals surface area contributed by atoms with Crippen LogP contribution < -0.4 is 15.1 Å². The van der Waals surface area contributed by atoms with Crippen molar-refractivity contribution in [3.05, 3.63) is 48.4 Å². The van der Waals surface area contributed by atoms with Crippen molar-refractivity contribution >= 4 is 29.1 Å². The van der Waals surface area contributed by atoms with Gasteiger partial charge in [-0.25, -0.2) is 0 Å². The van der Waals surface area contributed by atoms with Gasteiger partial charge >= 0.3 is 0 Å². The van der Waals surface area contributed by atoms with E-state index in [2.05, 4.69) is 21.3 Å². The Morgan fingerprint density at radius 3 is 2.71 bits per heavy atom. The molecular formula is C24H24N6O4. The van der Waals surface area contributed by atoms with E-state index in [0.29, 0.717) is 56.5 Å². The minimum Gasteiger partial charge on any atom is -0.459 e. The van der Waals surface area contributed by atoms with Crippen LogP contribution >= 0.6 is 0 Å². The first-order valence-corrected chi connectivity index (χ1v) is 11.2. The van der Waals surface area contributed by atoms with Crippen molar-refractivity contribution in [3.63, 3.8) is 0 Å². The normalized spacial score (nSPS) is 16.6. The van der Waals surface area contributed by atoms with Gasteiger partial charge in [-0.1, -0.05) is 6.07 Å².